The van der Waals surface area contributed by atoms with E-state index in [9.17, 15) is 18.0 Å². The first-order valence-electron chi connectivity index (χ1n) is 9.33. The molecule has 2 amide bonds. The van der Waals surface area contributed by atoms with E-state index in [1.807, 2.05) is 13.8 Å². The van der Waals surface area contributed by atoms with Gasteiger partial charge >= 0.3 is 0 Å². The van der Waals surface area contributed by atoms with Gasteiger partial charge in [0.15, 0.2) is 0 Å². The minimum Gasteiger partial charge on any atom is -0.326 e. The fourth-order valence-corrected chi connectivity index (χ4v) is 4.58. The Kier molecular flexibility index (Phi) is 7.34. The minimum atomic E-state index is -4.00. The third kappa shape index (κ3) is 5.53. The minimum absolute atomic E-state index is 0.0336. The number of hydrogen-bond acceptors (Lipinski definition) is 5. The first-order chi connectivity index (χ1) is 13.6. The van der Waals surface area contributed by atoms with Crippen molar-refractivity contribution in [3.8, 4) is 0 Å². The molecular formula is C20H27N3O5S. The van der Waals surface area contributed by atoms with Crippen LogP contribution in [0.15, 0.2) is 41.3 Å². The van der Waals surface area contributed by atoms with Crippen molar-refractivity contribution in [1.29, 1.82) is 0 Å². The molecule has 0 aliphatic carbocycles. The van der Waals surface area contributed by atoms with E-state index < -0.39 is 22.0 Å². The molecule has 9 heteroatoms. The van der Waals surface area contributed by atoms with Gasteiger partial charge in [-0.2, -0.15) is 4.31 Å². The number of amides is 2. The number of fused-ring (bicyclic) bond motifs is 1. The van der Waals surface area contributed by atoms with Crippen LogP contribution in [-0.4, -0.2) is 42.3 Å². The van der Waals surface area contributed by atoms with Gasteiger partial charge < -0.3 is 5.32 Å². The van der Waals surface area contributed by atoms with E-state index in [1.54, 1.807) is 24.3 Å². The average molecular weight is 422 g/mol. The summed E-state index contributed by atoms with van der Waals surface area (Å²) >= 11 is 0. The maximum absolute atomic E-state index is 13.3. The molecular weight excluding hydrogens is 394 g/mol. The van der Waals surface area contributed by atoms with E-state index in [1.165, 1.54) is 31.5 Å². The molecule has 0 heterocycles. The number of carbonyl (C=O) groups is 2. The van der Waals surface area contributed by atoms with E-state index in [4.69, 9.17) is 5.21 Å². The number of nitrogens with zero attached hydrogens (tertiary/aromatic N) is 1. The third-order valence-corrected chi connectivity index (χ3v) is 6.55. The van der Waals surface area contributed by atoms with Gasteiger partial charge in [0.1, 0.15) is 6.04 Å². The van der Waals surface area contributed by atoms with Crippen LogP contribution in [0.1, 0.15) is 34.1 Å². The lowest BCUT2D eigenvalue weighted by Gasteiger charge is -2.27. The molecule has 158 valence electrons. The molecule has 2 rings (SSSR count). The molecule has 8 nitrogen and oxygen atoms in total. The van der Waals surface area contributed by atoms with Crippen LogP contribution >= 0.6 is 0 Å². The van der Waals surface area contributed by atoms with Gasteiger partial charge in [-0.15, -0.1) is 0 Å². The highest BCUT2D eigenvalue weighted by Crippen LogP contribution is 2.26. The van der Waals surface area contributed by atoms with Crippen LogP contribution in [-0.2, 0) is 19.6 Å². The monoisotopic (exact) mass is 421 g/mol. The second-order valence-electron chi connectivity index (χ2n) is 7.36. The van der Waals surface area contributed by atoms with Gasteiger partial charge in [0.2, 0.25) is 15.9 Å². The number of hydrogen-bond donors (Lipinski definition) is 3. The summed E-state index contributed by atoms with van der Waals surface area (Å²) in [6, 6.07) is 8.82. The predicted octanol–water partition coefficient (Wildman–Crippen LogP) is 2.73. The molecule has 2 aromatic carbocycles. The summed E-state index contributed by atoms with van der Waals surface area (Å²) in [5, 5.41) is 13.1. The van der Waals surface area contributed by atoms with Crippen LogP contribution in [0.25, 0.3) is 10.8 Å². The summed E-state index contributed by atoms with van der Waals surface area (Å²) in [7, 11) is -4.00. The van der Waals surface area contributed by atoms with Gasteiger partial charge in [-0.25, -0.2) is 13.9 Å². The fraction of sp³-hybridized carbons (Fsp3) is 0.400. The smallest absolute Gasteiger partial charge is 0.261 e. The first kappa shape index (κ1) is 22.8. The van der Waals surface area contributed by atoms with Gasteiger partial charge in [0.05, 0.1) is 4.90 Å². The summed E-state index contributed by atoms with van der Waals surface area (Å²) < 4.78 is 27.7. The van der Waals surface area contributed by atoms with Crippen molar-refractivity contribution in [2.75, 3.05) is 11.9 Å². The Morgan fingerprint density at radius 1 is 1.07 bits per heavy atom. The molecule has 0 saturated heterocycles. The van der Waals surface area contributed by atoms with Gasteiger partial charge in [-0.3, -0.25) is 14.8 Å². The standard InChI is InChI=1S/C20H27N3O5S/c1-13(2)9-10-23(14(3)20(25)22-26)29(27,28)19-8-6-16-5-7-18(21-15(4)24)11-17(16)12-19/h5-8,11-14,26H,9-10H2,1-4H3,(H,21,24)(H,22,25). The topological polar surface area (TPSA) is 116 Å². The molecule has 3 N–H and O–H groups in total. The lowest BCUT2D eigenvalue weighted by molar-refractivity contribution is -0.132. The highest BCUT2D eigenvalue weighted by Gasteiger charge is 2.33. The molecule has 0 fully saturated rings. The maximum Gasteiger partial charge on any atom is 0.261 e. The maximum atomic E-state index is 13.3. The number of nitrogens with one attached hydrogen (secondary N) is 2. The van der Waals surface area contributed by atoms with Gasteiger partial charge in [0, 0.05) is 19.2 Å². The summed E-state index contributed by atoms with van der Waals surface area (Å²) in [5.41, 5.74) is 2.09. The Labute approximate surface area is 170 Å². The molecule has 0 aliphatic rings. The van der Waals surface area contributed by atoms with E-state index >= 15 is 0 Å². The summed E-state index contributed by atoms with van der Waals surface area (Å²) in [6.07, 6.45) is 0.558. The second kappa shape index (κ2) is 9.34. The zero-order valence-corrected chi connectivity index (χ0v) is 17.8. The van der Waals surface area contributed by atoms with Crippen LogP contribution in [0.2, 0.25) is 0 Å². The van der Waals surface area contributed by atoms with Gasteiger partial charge in [-0.05, 0) is 54.3 Å². The van der Waals surface area contributed by atoms with Crippen molar-refractivity contribution in [3.05, 3.63) is 36.4 Å². The number of sulfonamides is 1. The van der Waals surface area contributed by atoms with Gasteiger partial charge in [0.25, 0.3) is 5.91 Å². The van der Waals surface area contributed by atoms with Crippen LogP contribution in [0.3, 0.4) is 0 Å². The number of rotatable bonds is 8. The Hall–Kier alpha value is -2.49. The molecule has 1 unspecified atom stereocenters. The second-order valence-corrected chi connectivity index (χ2v) is 9.25. The van der Waals surface area contributed by atoms with E-state index in [2.05, 4.69) is 5.32 Å². The molecule has 0 spiro atoms. The highest BCUT2D eigenvalue weighted by molar-refractivity contribution is 7.89. The van der Waals surface area contributed by atoms with E-state index in [0.717, 1.165) is 9.69 Å². The van der Waals surface area contributed by atoms with Crippen molar-refractivity contribution in [3.63, 3.8) is 0 Å². The summed E-state index contributed by atoms with van der Waals surface area (Å²) in [5.74, 6) is -0.795. The number of hydroxylamine groups is 1. The molecule has 1 atom stereocenters. The third-order valence-electron chi connectivity index (χ3n) is 4.59. The Bertz CT molecular complexity index is 1000. The van der Waals surface area contributed by atoms with E-state index in [-0.39, 0.29) is 23.3 Å². The highest BCUT2D eigenvalue weighted by atomic mass is 32.2. The average Bonchev–Trinajstić information content (AvgIpc) is 2.65. The lowest BCUT2D eigenvalue weighted by Crippen LogP contribution is -2.47. The number of benzene rings is 2. The van der Waals surface area contributed by atoms with Crippen molar-refractivity contribution >= 4 is 38.3 Å². The van der Waals surface area contributed by atoms with Crippen LogP contribution in [0, 0.1) is 5.92 Å². The lowest BCUT2D eigenvalue weighted by atomic mass is 10.1. The molecule has 29 heavy (non-hydrogen) atoms. The Morgan fingerprint density at radius 2 is 1.72 bits per heavy atom. The van der Waals surface area contributed by atoms with Crippen molar-refractivity contribution in [2.45, 2.75) is 45.1 Å². The van der Waals surface area contributed by atoms with Crippen molar-refractivity contribution in [2.24, 2.45) is 5.92 Å². The first-order valence-corrected chi connectivity index (χ1v) is 10.8. The molecule has 2 aromatic rings. The Balaban J connectivity index is 2.49. The fourth-order valence-electron chi connectivity index (χ4n) is 2.93. The number of anilines is 1. The van der Waals surface area contributed by atoms with Crippen LogP contribution < -0.4 is 10.8 Å². The van der Waals surface area contributed by atoms with E-state index in [0.29, 0.717) is 17.5 Å². The van der Waals surface area contributed by atoms with Crippen molar-refractivity contribution < 1.29 is 23.2 Å². The molecule has 0 saturated carbocycles. The van der Waals surface area contributed by atoms with Crippen LogP contribution in [0.5, 0.6) is 0 Å². The predicted molar refractivity (Wildman–Crippen MR) is 111 cm³/mol. The largest absolute Gasteiger partial charge is 0.326 e. The van der Waals surface area contributed by atoms with Gasteiger partial charge in [-0.1, -0.05) is 26.0 Å². The zero-order chi connectivity index (χ0) is 21.8. The molecule has 0 radical (unpaired) electrons. The normalized spacial score (nSPS) is 12.9. The summed E-state index contributed by atoms with van der Waals surface area (Å²) in [6.45, 7) is 6.88. The SMILES string of the molecule is CC(=O)Nc1ccc2ccc(S(=O)(=O)N(CCC(C)C)C(C)C(=O)NO)cc2c1. The molecule has 0 aliphatic heterocycles. The molecule has 0 aromatic heterocycles. The summed E-state index contributed by atoms with van der Waals surface area (Å²) in [4.78, 5) is 23.2. The zero-order valence-electron chi connectivity index (χ0n) is 17.0. The molecule has 0 bridgehead atoms. The number of carbonyl (C=O) groups excluding carboxylic acids is 2. The van der Waals surface area contributed by atoms with Crippen molar-refractivity contribution in [1.82, 2.24) is 9.79 Å². The van der Waals surface area contributed by atoms with Crippen LogP contribution in [0.4, 0.5) is 5.69 Å². The Morgan fingerprint density at radius 3 is 2.31 bits per heavy atom. The quantitative estimate of drug-likeness (QED) is 0.448.